The number of rotatable bonds is 5. The molecule has 5 heteroatoms. The Balaban J connectivity index is 1.47. The zero-order chi connectivity index (χ0) is 23.6. The minimum atomic E-state index is -0.133. The van der Waals surface area contributed by atoms with Crippen molar-refractivity contribution >= 4 is 35.0 Å². The monoisotopic (exact) mass is 458 g/mol. The van der Waals surface area contributed by atoms with Crippen LogP contribution in [-0.4, -0.2) is 17.6 Å². The van der Waals surface area contributed by atoms with Crippen molar-refractivity contribution in [1.82, 2.24) is 0 Å². The average molecular weight is 459 g/mol. The molecule has 0 bridgehead atoms. The molecule has 170 valence electrons. The molecule has 1 fully saturated rings. The molecule has 1 atom stereocenters. The molecule has 3 aromatic carbocycles. The third-order valence-electron chi connectivity index (χ3n) is 5.96. The first-order valence-electron chi connectivity index (χ1n) is 11.3. The van der Waals surface area contributed by atoms with Crippen LogP contribution in [0.25, 0.3) is 0 Å². The van der Waals surface area contributed by atoms with E-state index in [2.05, 4.69) is 45.1 Å². The highest BCUT2D eigenvalue weighted by Gasteiger charge is 2.34. The van der Waals surface area contributed by atoms with Crippen LogP contribution in [0.1, 0.15) is 60.1 Å². The van der Waals surface area contributed by atoms with Crippen LogP contribution in [0.2, 0.25) is 0 Å². The van der Waals surface area contributed by atoms with Gasteiger partial charge in [0.25, 0.3) is 5.91 Å². The number of amides is 2. The Kier molecular flexibility index (Phi) is 6.61. The number of carbonyl (C=O) groups excluding carboxylic acids is 2. The molecule has 0 aromatic heterocycles. The van der Waals surface area contributed by atoms with E-state index in [4.69, 9.17) is 0 Å². The number of carbonyl (C=O) groups is 2. The van der Waals surface area contributed by atoms with E-state index >= 15 is 0 Å². The predicted molar refractivity (Wildman–Crippen MR) is 138 cm³/mol. The fourth-order valence-electron chi connectivity index (χ4n) is 3.90. The summed E-state index contributed by atoms with van der Waals surface area (Å²) in [7, 11) is 0. The normalized spacial score (nSPS) is 16.2. The maximum atomic E-state index is 12.7. The lowest BCUT2D eigenvalue weighted by molar-refractivity contribution is -0.115. The van der Waals surface area contributed by atoms with Crippen molar-refractivity contribution in [3.63, 3.8) is 0 Å². The third-order valence-corrected chi connectivity index (χ3v) is 7.17. The number of aryl methyl sites for hydroxylation is 1. The molecule has 0 unspecified atom stereocenters. The van der Waals surface area contributed by atoms with Gasteiger partial charge in [0.1, 0.15) is 5.37 Å². The van der Waals surface area contributed by atoms with Crippen LogP contribution in [0.4, 0.5) is 11.4 Å². The summed E-state index contributed by atoms with van der Waals surface area (Å²) in [6.45, 7) is 8.58. The Morgan fingerprint density at radius 2 is 1.61 bits per heavy atom. The number of benzene rings is 3. The summed E-state index contributed by atoms with van der Waals surface area (Å²) < 4.78 is 0. The third kappa shape index (κ3) is 5.14. The first kappa shape index (κ1) is 23.1. The van der Waals surface area contributed by atoms with E-state index < -0.39 is 0 Å². The lowest BCUT2D eigenvalue weighted by Gasteiger charge is -2.24. The first-order valence-corrected chi connectivity index (χ1v) is 12.4. The maximum absolute atomic E-state index is 12.7. The van der Waals surface area contributed by atoms with Crippen LogP contribution < -0.4 is 10.2 Å². The predicted octanol–water partition coefficient (Wildman–Crippen LogP) is 6.58. The highest BCUT2D eigenvalue weighted by Crippen LogP contribution is 2.42. The van der Waals surface area contributed by atoms with E-state index in [1.54, 1.807) is 11.8 Å². The van der Waals surface area contributed by atoms with Crippen LogP contribution >= 0.6 is 11.8 Å². The number of hydrogen-bond donors (Lipinski definition) is 1. The second kappa shape index (κ2) is 9.44. The minimum Gasteiger partial charge on any atom is -0.322 e. The van der Waals surface area contributed by atoms with Gasteiger partial charge in [0.05, 0.1) is 5.75 Å². The van der Waals surface area contributed by atoms with E-state index in [9.17, 15) is 9.59 Å². The Hall–Kier alpha value is -3.05. The zero-order valence-corrected chi connectivity index (χ0v) is 20.4. The molecule has 0 radical (unpaired) electrons. The van der Waals surface area contributed by atoms with Gasteiger partial charge in [-0.1, -0.05) is 64.1 Å². The van der Waals surface area contributed by atoms with Crippen molar-refractivity contribution in [2.45, 2.75) is 44.9 Å². The van der Waals surface area contributed by atoms with Gasteiger partial charge in [0, 0.05) is 16.9 Å². The molecule has 1 aliphatic rings. The van der Waals surface area contributed by atoms with E-state index in [0.29, 0.717) is 11.3 Å². The lowest BCUT2D eigenvalue weighted by Crippen LogP contribution is -2.27. The molecule has 1 saturated heterocycles. The number of thioether (sulfide) groups is 1. The van der Waals surface area contributed by atoms with Crippen LogP contribution in [0.5, 0.6) is 0 Å². The molecule has 1 heterocycles. The Labute approximate surface area is 200 Å². The molecular weight excluding hydrogens is 428 g/mol. The molecule has 1 aliphatic heterocycles. The molecule has 4 nitrogen and oxygen atoms in total. The number of anilines is 2. The van der Waals surface area contributed by atoms with Crippen molar-refractivity contribution in [1.29, 1.82) is 0 Å². The van der Waals surface area contributed by atoms with Gasteiger partial charge in [-0.25, -0.2) is 0 Å². The molecule has 33 heavy (non-hydrogen) atoms. The molecule has 2 amide bonds. The van der Waals surface area contributed by atoms with Crippen LogP contribution in [0.3, 0.4) is 0 Å². The van der Waals surface area contributed by atoms with Crippen molar-refractivity contribution < 1.29 is 9.59 Å². The Bertz CT molecular complexity index is 1130. The van der Waals surface area contributed by atoms with E-state index in [1.165, 1.54) is 11.1 Å². The van der Waals surface area contributed by atoms with Crippen LogP contribution in [-0.2, 0) is 16.6 Å². The Morgan fingerprint density at radius 1 is 0.970 bits per heavy atom. The largest absolute Gasteiger partial charge is 0.322 e. The van der Waals surface area contributed by atoms with E-state index in [1.807, 2.05) is 65.6 Å². The summed E-state index contributed by atoms with van der Waals surface area (Å²) in [5.41, 5.74) is 5.82. The maximum Gasteiger partial charge on any atom is 0.255 e. The number of nitrogens with one attached hydrogen (secondary N) is 1. The summed E-state index contributed by atoms with van der Waals surface area (Å²) >= 11 is 1.63. The summed E-state index contributed by atoms with van der Waals surface area (Å²) in [6.07, 6.45) is 0.973. The molecular formula is C28H30N2O2S. The molecule has 1 N–H and O–H groups in total. The summed E-state index contributed by atoms with van der Waals surface area (Å²) in [4.78, 5) is 27.2. The fourth-order valence-corrected chi connectivity index (χ4v) is 5.08. The molecule has 4 rings (SSSR count). The zero-order valence-electron chi connectivity index (χ0n) is 19.6. The standard InChI is InChI=1S/C28H30N2O2S/c1-5-19-6-16-24(17-7-19)30-25(31)18-33-27(30)21-10-14-23(15-11-21)29-26(32)20-8-12-22(13-9-20)28(2,3)4/h6-17,27H,5,18H2,1-4H3,(H,29,32)/t27-/m0/s1. The first-order chi connectivity index (χ1) is 15.8. The molecule has 0 aliphatic carbocycles. The number of nitrogens with zero attached hydrogens (tertiary/aromatic N) is 1. The van der Waals surface area contributed by atoms with Gasteiger partial charge < -0.3 is 5.32 Å². The Morgan fingerprint density at radius 3 is 2.18 bits per heavy atom. The summed E-state index contributed by atoms with van der Waals surface area (Å²) in [5.74, 6) is 0.445. The quantitative estimate of drug-likeness (QED) is 0.470. The van der Waals surface area contributed by atoms with Gasteiger partial charge in [-0.05, 0) is 64.9 Å². The minimum absolute atomic E-state index is 0.0520. The molecule has 0 spiro atoms. The lowest BCUT2D eigenvalue weighted by atomic mass is 9.87. The van der Waals surface area contributed by atoms with Crippen molar-refractivity contribution in [3.8, 4) is 0 Å². The van der Waals surface area contributed by atoms with Crippen molar-refractivity contribution in [2.75, 3.05) is 16.0 Å². The van der Waals surface area contributed by atoms with Gasteiger partial charge in [0.2, 0.25) is 5.91 Å². The molecule has 3 aromatic rings. The summed E-state index contributed by atoms with van der Waals surface area (Å²) in [5, 5.41) is 2.90. The van der Waals surface area contributed by atoms with Gasteiger partial charge >= 0.3 is 0 Å². The van der Waals surface area contributed by atoms with Crippen molar-refractivity contribution in [3.05, 3.63) is 95.1 Å². The second-order valence-corrected chi connectivity index (χ2v) is 10.4. The summed E-state index contributed by atoms with van der Waals surface area (Å²) in [6, 6.07) is 23.7. The number of hydrogen-bond acceptors (Lipinski definition) is 3. The fraction of sp³-hybridized carbons (Fsp3) is 0.286. The SMILES string of the molecule is CCc1ccc(N2C(=O)CS[C@H]2c2ccc(NC(=O)c3ccc(C(C)(C)C)cc3)cc2)cc1. The average Bonchev–Trinajstić information content (AvgIpc) is 3.20. The highest BCUT2D eigenvalue weighted by molar-refractivity contribution is 8.00. The van der Waals surface area contributed by atoms with Gasteiger partial charge in [-0.15, -0.1) is 11.8 Å². The van der Waals surface area contributed by atoms with Crippen LogP contribution in [0.15, 0.2) is 72.8 Å². The van der Waals surface area contributed by atoms with Crippen molar-refractivity contribution in [2.24, 2.45) is 0 Å². The van der Waals surface area contributed by atoms with E-state index in [0.717, 1.165) is 23.4 Å². The van der Waals surface area contributed by atoms with E-state index in [-0.39, 0.29) is 22.6 Å². The van der Waals surface area contributed by atoms with Crippen LogP contribution in [0, 0.1) is 0 Å². The van der Waals surface area contributed by atoms with Gasteiger partial charge in [0.15, 0.2) is 0 Å². The second-order valence-electron chi connectivity index (χ2n) is 9.35. The highest BCUT2D eigenvalue weighted by atomic mass is 32.2. The smallest absolute Gasteiger partial charge is 0.255 e. The van der Waals surface area contributed by atoms with Gasteiger partial charge in [-0.3, -0.25) is 14.5 Å². The van der Waals surface area contributed by atoms with Gasteiger partial charge in [-0.2, -0.15) is 0 Å². The topological polar surface area (TPSA) is 49.4 Å². The molecule has 0 saturated carbocycles.